The average Bonchev–Trinajstić information content (AvgIpc) is 2.81. The van der Waals surface area contributed by atoms with Crippen LogP contribution in [0.15, 0.2) is 54.9 Å². The molecular formula is C25H26BN7O2. The first kappa shape index (κ1) is 22.9. The third-order valence-corrected chi connectivity index (χ3v) is 6.02. The second-order valence-electron chi connectivity index (χ2n) is 8.72. The van der Waals surface area contributed by atoms with Gasteiger partial charge < -0.3 is 25.0 Å². The van der Waals surface area contributed by atoms with Crippen LogP contribution < -0.4 is 25.6 Å². The predicted molar refractivity (Wildman–Crippen MR) is 138 cm³/mol. The summed E-state index contributed by atoms with van der Waals surface area (Å²) in [5.74, 6) is 2.78. The molecule has 0 amide bonds. The van der Waals surface area contributed by atoms with Gasteiger partial charge >= 0.3 is 0 Å². The van der Waals surface area contributed by atoms with Gasteiger partial charge in [0, 0.05) is 35.6 Å². The summed E-state index contributed by atoms with van der Waals surface area (Å²) in [6, 6.07) is 13.5. The van der Waals surface area contributed by atoms with E-state index in [0.29, 0.717) is 35.0 Å². The third kappa shape index (κ3) is 5.27. The van der Waals surface area contributed by atoms with E-state index in [1.807, 2.05) is 36.4 Å². The Morgan fingerprint density at radius 3 is 2.57 bits per heavy atom. The molecule has 4 aromatic rings. The lowest BCUT2D eigenvalue weighted by molar-refractivity contribution is 0.0383. The fourth-order valence-electron chi connectivity index (χ4n) is 3.91. The Hall–Kier alpha value is -3.92. The highest BCUT2D eigenvalue weighted by atomic mass is 16.5. The number of hydrogen-bond acceptors (Lipinski definition) is 9. The topological polar surface area (TPSA) is 97.3 Å². The zero-order valence-electron chi connectivity index (χ0n) is 19.9. The average molecular weight is 467 g/mol. The molecule has 0 bridgehead atoms. The van der Waals surface area contributed by atoms with Gasteiger partial charge in [0.1, 0.15) is 19.8 Å². The molecule has 0 spiro atoms. The van der Waals surface area contributed by atoms with Crippen molar-refractivity contribution in [3.63, 3.8) is 0 Å². The summed E-state index contributed by atoms with van der Waals surface area (Å²) in [6.45, 7) is 0. The summed E-state index contributed by atoms with van der Waals surface area (Å²) in [5, 5.41) is 7.24. The van der Waals surface area contributed by atoms with Crippen molar-refractivity contribution < 1.29 is 9.47 Å². The number of nitrogens with zero attached hydrogens (tertiary/aromatic N) is 5. The molecule has 2 aromatic carbocycles. The van der Waals surface area contributed by atoms with Crippen LogP contribution in [0, 0.1) is 0 Å². The number of anilines is 4. The second kappa shape index (κ2) is 9.75. The monoisotopic (exact) mass is 467 g/mol. The molecule has 1 saturated carbocycles. The van der Waals surface area contributed by atoms with Gasteiger partial charge in [-0.3, -0.25) is 0 Å². The highest BCUT2D eigenvalue weighted by Crippen LogP contribution is 2.36. The molecule has 0 aliphatic heterocycles. The largest absolute Gasteiger partial charge is 0.493 e. The first-order valence-corrected chi connectivity index (χ1v) is 11.4. The van der Waals surface area contributed by atoms with E-state index in [4.69, 9.17) is 17.3 Å². The van der Waals surface area contributed by atoms with Crippen molar-refractivity contribution in [1.82, 2.24) is 24.8 Å². The van der Waals surface area contributed by atoms with Crippen LogP contribution in [-0.4, -0.2) is 66.0 Å². The van der Waals surface area contributed by atoms with Gasteiger partial charge in [0.2, 0.25) is 11.9 Å². The number of methoxy groups -OCH3 is 1. The van der Waals surface area contributed by atoms with Gasteiger partial charge in [-0.1, -0.05) is 17.6 Å². The summed E-state index contributed by atoms with van der Waals surface area (Å²) in [5.41, 5.74) is 2.18. The lowest BCUT2D eigenvalue weighted by Crippen LogP contribution is -2.46. The zero-order chi connectivity index (χ0) is 24.4. The van der Waals surface area contributed by atoms with Crippen molar-refractivity contribution in [2.24, 2.45) is 0 Å². The van der Waals surface area contributed by atoms with Crippen LogP contribution in [0.1, 0.15) is 12.8 Å². The summed E-state index contributed by atoms with van der Waals surface area (Å²) >= 11 is 0. The molecule has 10 heteroatoms. The van der Waals surface area contributed by atoms with E-state index >= 15 is 0 Å². The van der Waals surface area contributed by atoms with Crippen LogP contribution in [0.2, 0.25) is 0 Å². The van der Waals surface area contributed by atoms with Crippen LogP contribution in [0.4, 0.5) is 23.4 Å². The minimum Gasteiger partial charge on any atom is -0.493 e. The van der Waals surface area contributed by atoms with Gasteiger partial charge in [-0.25, -0.2) is 15.0 Å². The van der Waals surface area contributed by atoms with Crippen LogP contribution in [0.5, 0.6) is 11.5 Å². The Bertz CT molecular complexity index is 1340. The van der Waals surface area contributed by atoms with E-state index in [1.165, 1.54) is 0 Å². The minimum absolute atomic E-state index is 0.204. The Morgan fingerprint density at radius 1 is 0.943 bits per heavy atom. The maximum Gasteiger partial charge on any atom is 0.229 e. The Labute approximate surface area is 205 Å². The van der Waals surface area contributed by atoms with Crippen molar-refractivity contribution in [3.8, 4) is 11.5 Å². The van der Waals surface area contributed by atoms with Gasteiger partial charge in [0.25, 0.3) is 0 Å². The van der Waals surface area contributed by atoms with Gasteiger partial charge in [-0.05, 0) is 51.2 Å². The molecule has 2 N–H and O–H groups in total. The van der Waals surface area contributed by atoms with Gasteiger partial charge in [0.15, 0.2) is 11.5 Å². The summed E-state index contributed by atoms with van der Waals surface area (Å²) in [4.78, 5) is 19.9. The van der Waals surface area contributed by atoms with Crippen molar-refractivity contribution in [2.75, 3.05) is 31.8 Å². The van der Waals surface area contributed by atoms with E-state index in [9.17, 15) is 0 Å². The van der Waals surface area contributed by atoms with Crippen molar-refractivity contribution >= 4 is 47.6 Å². The lowest BCUT2D eigenvalue weighted by Gasteiger charge is -2.39. The molecule has 1 aliphatic rings. The van der Waals surface area contributed by atoms with E-state index in [-0.39, 0.29) is 6.10 Å². The molecule has 0 saturated heterocycles. The molecule has 2 radical (unpaired) electrons. The Morgan fingerprint density at radius 2 is 1.77 bits per heavy atom. The molecule has 1 fully saturated rings. The summed E-state index contributed by atoms with van der Waals surface area (Å²) < 4.78 is 11.7. The highest BCUT2D eigenvalue weighted by molar-refractivity contribution is 6.33. The number of rotatable bonds is 8. The number of aromatic nitrogens is 4. The summed E-state index contributed by atoms with van der Waals surface area (Å²) in [6.07, 6.45) is 5.62. The molecule has 5 rings (SSSR count). The first-order valence-electron chi connectivity index (χ1n) is 11.4. The number of benzene rings is 2. The lowest BCUT2D eigenvalue weighted by atomic mass is 9.88. The van der Waals surface area contributed by atoms with Crippen LogP contribution in [0.25, 0.3) is 10.9 Å². The number of ether oxygens (including phenoxy) is 2. The molecular weight excluding hydrogens is 441 g/mol. The smallest absolute Gasteiger partial charge is 0.229 e. The van der Waals surface area contributed by atoms with E-state index in [2.05, 4.69) is 49.6 Å². The molecule has 0 atom stereocenters. The third-order valence-electron chi connectivity index (χ3n) is 6.02. The zero-order valence-corrected chi connectivity index (χ0v) is 19.9. The SMILES string of the molecule is [B]c1ccc2cnc(Nc3ccnc(Nc4ccc(OC5CC(N(C)C)C5)c(OC)c4)n3)nc2c1. The van der Waals surface area contributed by atoms with Crippen LogP contribution in [0.3, 0.4) is 0 Å². The molecule has 9 nitrogen and oxygen atoms in total. The van der Waals surface area contributed by atoms with Gasteiger partial charge in [0.05, 0.1) is 12.6 Å². The van der Waals surface area contributed by atoms with Crippen molar-refractivity contribution in [2.45, 2.75) is 25.0 Å². The number of fused-ring (bicyclic) bond motifs is 1. The van der Waals surface area contributed by atoms with Crippen molar-refractivity contribution in [3.05, 3.63) is 54.9 Å². The second-order valence-corrected chi connectivity index (χ2v) is 8.72. The van der Waals surface area contributed by atoms with Crippen LogP contribution >= 0.6 is 0 Å². The fourth-order valence-corrected chi connectivity index (χ4v) is 3.91. The van der Waals surface area contributed by atoms with Crippen LogP contribution in [-0.2, 0) is 0 Å². The Kier molecular flexibility index (Phi) is 6.37. The van der Waals surface area contributed by atoms with Crippen molar-refractivity contribution in [1.29, 1.82) is 0 Å². The van der Waals surface area contributed by atoms with E-state index in [0.717, 1.165) is 35.2 Å². The molecule has 35 heavy (non-hydrogen) atoms. The van der Waals surface area contributed by atoms with E-state index < -0.39 is 0 Å². The molecule has 2 aromatic heterocycles. The fraction of sp³-hybridized carbons (Fsp3) is 0.280. The normalized spacial score (nSPS) is 17.1. The van der Waals surface area contributed by atoms with Gasteiger partial charge in [-0.15, -0.1) is 0 Å². The quantitative estimate of drug-likeness (QED) is 0.379. The minimum atomic E-state index is 0.204. The summed E-state index contributed by atoms with van der Waals surface area (Å²) in [7, 11) is 11.7. The molecule has 176 valence electrons. The molecule has 1 aliphatic carbocycles. The standard InChI is InChI=1S/C25H26BN7O2/c1-33(2)18-12-19(13-18)35-21-7-6-17(11-22(21)34-3)29-24-27-9-8-23(31-24)32-25-28-14-15-4-5-16(26)10-20(15)30-25/h4-11,14,18-19H,12-13H2,1-3H3,(H2,27,28,29,30,31,32). The maximum atomic E-state index is 6.14. The predicted octanol–water partition coefficient (Wildman–Crippen LogP) is 3.18. The number of nitrogens with one attached hydrogen (secondary N) is 2. The van der Waals surface area contributed by atoms with Gasteiger partial charge in [-0.2, -0.15) is 4.98 Å². The molecule has 0 unspecified atom stereocenters. The molecule has 2 heterocycles. The van der Waals surface area contributed by atoms with E-state index in [1.54, 1.807) is 25.6 Å². The first-order chi connectivity index (χ1) is 17.0. The number of hydrogen-bond donors (Lipinski definition) is 2. The highest BCUT2D eigenvalue weighted by Gasteiger charge is 2.32. The maximum absolute atomic E-state index is 6.14. The Balaban J connectivity index is 1.27.